The van der Waals surface area contributed by atoms with E-state index in [-0.39, 0.29) is 37.7 Å². The van der Waals surface area contributed by atoms with Gasteiger partial charge in [0.05, 0.1) is 0 Å². The predicted octanol–water partition coefficient (Wildman–Crippen LogP) is 3.29. The maximum absolute atomic E-state index is 14.7. The number of benzene rings is 2. The molecule has 42 heavy (non-hydrogen) atoms. The number of halogens is 1. The van der Waals surface area contributed by atoms with Crippen molar-refractivity contribution in [2.75, 3.05) is 19.6 Å². The van der Waals surface area contributed by atoms with Crippen LogP contribution in [0.3, 0.4) is 0 Å². The molecule has 3 aromatic rings. The second-order valence-corrected chi connectivity index (χ2v) is 11.3. The van der Waals surface area contributed by atoms with Crippen molar-refractivity contribution < 1.29 is 18.8 Å². The number of nitrogens with two attached hydrogens (primary N) is 1. The zero-order valence-corrected chi connectivity index (χ0v) is 23.8. The molecule has 1 aliphatic heterocycles. The van der Waals surface area contributed by atoms with Crippen LogP contribution in [0.1, 0.15) is 59.5 Å². The summed E-state index contributed by atoms with van der Waals surface area (Å²) in [7, 11) is 0. The van der Waals surface area contributed by atoms with E-state index in [1.54, 1.807) is 42.7 Å². The normalized spacial score (nSPS) is 20.0. The Bertz CT molecular complexity index is 1390. The molecule has 2 aliphatic rings. The SMILES string of the molecule is Cc1ccc([C@@H]2C[C@H]2NCCC[C@H](NC(=O)c2ccc(-c3ncccn3)cc2)C(=O)N2CCC(F)(C(N)=O)CC2)cc1. The second-order valence-electron chi connectivity index (χ2n) is 11.3. The third-order valence-corrected chi connectivity index (χ3v) is 8.26. The Morgan fingerprint density at radius 2 is 1.71 bits per heavy atom. The highest BCUT2D eigenvalue weighted by Gasteiger charge is 2.42. The summed E-state index contributed by atoms with van der Waals surface area (Å²) in [6.45, 7) is 2.91. The fraction of sp³-hybridized carbons (Fsp3) is 0.406. The number of carbonyl (C=O) groups excluding carboxylic acids is 3. The molecule has 0 unspecified atom stereocenters. The summed E-state index contributed by atoms with van der Waals surface area (Å²) in [5.41, 5.74) is 6.87. The Morgan fingerprint density at radius 1 is 1.05 bits per heavy atom. The first-order chi connectivity index (χ1) is 20.2. The van der Waals surface area contributed by atoms with Gasteiger partial charge in [-0.2, -0.15) is 0 Å². The number of piperidine rings is 1. The van der Waals surface area contributed by atoms with E-state index in [9.17, 15) is 18.8 Å². The predicted molar refractivity (Wildman–Crippen MR) is 157 cm³/mol. The lowest BCUT2D eigenvalue weighted by Crippen LogP contribution is -2.55. The Hall–Kier alpha value is -4.18. The van der Waals surface area contributed by atoms with Gasteiger partial charge in [0.2, 0.25) is 5.91 Å². The van der Waals surface area contributed by atoms with Crippen LogP contribution in [-0.4, -0.2) is 70.0 Å². The summed E-state index contributed by atoms with van der Waals surface area (Å²) in [6.07, 6.45) is 5.16. The first-order valence-electron chi connectivity index (χ1n) is 14.5. The van der Waals surface area contributed by atoms with Gasteiger partial charge in [-0.25, -0.2) is 14.4 Å². The first kappa shape index (κ1) is 29.3. The minimum Gasteiger partial charge on any atom is -0.367 e. The number of amides is 3. The number of hydrogen-bond donors (Lipinski definition) is 3. The van der Waals surface area contributed by atoms with Gasteiger partial charge in [0.1, 0.15) is 6.04 Å². The van der Waals surface area contributed by atoms with Gasteiger partial charge < -0.3 is 21.3 Å². The molecule has 1 aromatic heterocycles. The number of likely N-dealkylation sites (tertiary alicyclic amines) is 1. The highest BCUT2D eigenvalue weighted by atomic mass is 19.1. The average Bonchev–Trinajstić information content (AvgIpc) is 3.79. The van der Waals surface area contributed by atoms with Crippen LogP contribution in [-0.2, 0) is 9.59 Å². The van der Waals surface area contributed by atoms with Crippen LogP contribution >= 0.6 is 0 Å². The number of carbonyl (C=O) groups is 3. The zero-order chi connectivity index (χ0) is 29.7. The molecule has 1 saturated carbocycles. The molecule has 0 spiro atoms. The number of nitrogens with one attached hydrogen (secondary N) is 2. The minimum atomic E-state index is -2.11. The Morgan fingerprint density at radius 3 is 2.36 bits per heavy atom. The molecular formula is C32H37FN6O3. The number of aromatic nitrogens is 2. The van der Waals surface area contributed by atoms with Gasteiger partial charge in [0, 0.05) is 61.4 Å². The molecule has 2 fully saturated rings. The average molecular weight is 573 g/mol. The van der Waals surface area contributed by atoms with Crippen molar-refractivity contribution in [3.63, 3.8) is 0 Å². The molecular weight excluding hydrogens is 535 g/mol. The summed E-state index contributed by atoms with van der Waals surface area (Å²) in [5, 5.41) is 6.48. The molecule has 0 radical (unpaired) electrons. The van der Waals surface area contributed by atoms with Crippen LogP contribution in [0.25, 0.3) is 11.4 Å². The molecule has 0 bridgehead atoms. The van der Waals surface area contributed by atoms with Crippen molar-refractivity contribution in [3.05, 3.63) is 83.7 Å². The smallest absolute Gasteiger partial charge is 0.255 e. The van der Waals surface area contributed by atoms with Crippen molar-refractivity contribution >= 4 is 17.7 Å². The fourth-order valence-corrected chi connectivity index (χ4v) is 5.46. The van der Waals surface area contributed by atoms with E-state index in [0.29, 0.717) is 42.7 Å². The molecule has 3 atom stereocenters. The highest BCUT2D eigenvalue weighted by Crippen LogP contribution is 2.40. The molecule has 9 nitrogen and oxygen atoms in total. The topological polar surface area (TPSA) is 130 Å². The maximum Gasteiger partial charge on any atom is 0.255 e. The lowest BCUT2D eigenvalue weighted by atomic mass is 9.92. The van der Waals surface area contributed by atoms with E-state index in [1.165, 1.54) is 16.0 Å². The van der Waals surface area contributed by atoms with Gasteiger partial charge >= 0.3 is 0 Å². The minimum absolute atomic E-state index is 0.0645. The number of aryl methyl sites for hydroxylation is 1. The Kier molecular flexibility index (Phi) is 8.91. The number of primary amides is 1. The van der Waals surface area contributed by atoms with E-state index in [0.717, 1.165) is 12.0 Å². The quantitative estimate of drug-likeness (QED) is 0.302. The fourth-order valence-electron chi connectivity index (χ4n) is 5.46. The van der Waals surface area contributed by atoms with Gasteiger partial charge in [-0.3, -0.25) is 14.4 Å². The van der Waals surface area contributed by atoms with Crippen LogP contribution < -0.4 is 16.4 Å². The van der Waals surface area contributed by atoms with Gasteiger partial charge in [0.15, 0.2) is 11.5 Å². The summed E-state index contributed by atoms with van der Waals surface area (Å²) in [4.78, 5) is 48.2. The molecule has 10 heteroatoms. The van der Waals surface area contributed by atoms with Crippen LogP contribution in [0.15, 0.2) is 67.0 Å². The molecule has 2 heterocycles. The summed E-state index contributed by atoms with van der Waals surface area (Å²) in [5.74, 6) is -0.619. The van der Waals surface area contributed by atoms with Gasteiger partial charge in [-0.1, -0.05) is 42.0 Å². The lowest BCUT2D eigenvalue weighted by molar-refractivity contribution is -0.141. The largest absolute Gasteiger partial charge is 0.367 e. The van der Waals surface area contributed by atoms with Crippen LogP contribution in [0, 0.1) is 6.92 Å². The monoisotopic (exact) mass is 572 g/mol. The third-order valence-electron chi connectivity index (χ3n) is 8.26. The third kappa shape index (κ3) is 6.99. The number of nitrogens with zero attached hydrogens (tertiary/aromatic N) is 3. The van der Waals surface area contributed by atoms with Gasteiger partial charge in [0.25, 0.3) is 11.8 Å². The van der Waals surface area contributed by atoms with E-state index < -0.39 is 17.6 Å². The Balaban J connectivity index is 1.19. The molecule has 1 aliphatic carbocycles. The molecule has 3 amide bonds. The number of alkyl halides is 1. The molecule has 220 valence electrons. The van der Waals surface area contributed by atoms with Crippen LogP contribution in [0.5, 0.6) is 0 Å². The molecule has 4 N–H and O–H groups in total. The summed E-state index contributed by atoms with van der Waals surface area (Å²) >= 11 is 0. The lowest BCUT2D eigenvalue weighted by Gasteiger charge is -2.36. The van der Waals surface area contributed by atoms with E-state index in [2.05, 4.69) is 51.8 Å². The van der Waals surface area contributed by atoms with Crippen molar-refractivity contribution in [3.8, 4) is 11.4 Å². The van der Waals surface area contributed by atoms with Crippen molar-refractivity contribution in [1.82, 2.24) is 25.5 Å². The maximum atomic E-state index is 14.7. The van der Waals surface area contributed by atoms with Crippen LogP contribution in [0.4, 0.5) is 4.39 Å². The Labute approximate surface area is 245 Å². The van der Waals surface area contributed by atoms with Crippen molar-refractivity contribution in [2.45, 2.75) is 62.7 Å². The van der Waals surface area contributed by atoms with E-state index in [4.69, 9.17) is 5.73 Å². The van der Waals surface area contributed by atoms with Gasteiger partial charge in [-0.15, -0.1) is 0 Å². The highest BCUT2D eigenvalue weighted by molar-refractivity contribution is 5.98. The number of rotatable bonds is 11. The summed E-state index contributed by atoms with van der Waals surface area (Å²) < 4.78 is 14.7. The summed E-state index contributed by atoms with van der Waals surface area (Å²) in [6, 6.07) is 16.8. The van der Waals surface area contributed by atoms with E-state index in [1.807, 2.05) is 0 Å². The van der Waals surface area contributed by atoms with Crippen LogP contribution in [0.2, 0.25) is 0 Å². The molecule has 2 aromatic carbocycles. The van der Waals surface area contributed by atoms with E-state index >= 15 is 0 Å². The zero-order valence-electron chi connectivity index (χ0n) is 23.8. The number of hydrogen-bond acceptors (Lipinski definition) is 6. The van der Waals surface area contributed by atoms with Gasteiger partial charge in [-0.05, 0) is 56.5 Å². The standard InChI is InChI=1S/C32H37FN6O3/c1-21-5-7-22(8-6-21)25-20-27(25)35-15-2-4-26(30(41)39-18-13-32(33,14-19-39)31(34)42)38-29(40)24-11-9-23(10-12-24)28-36-16-3-17-37-28/h3,5-12,16-17,25-27,35H,2,4,13-15,18-20H2,1H3,(H2,34,42)(H,38,40)/t25-,26-,27+/m0/s1. The van der Waals surface area contributed by atoms with Crippen molar-refractivity contribution in [1.29, 1.82) is 0 Å². The molecule has 1 saturated heterocycles. The molecule has 5 rings (SSSR count). The first-order valence-corrected chi connectivity index (χ1v) is 14.5. The van der Waals surface area contributed by atoms with Crippen molar-refractivity contribution in [2.24, 2.45) is 5.73 Å². The second kappa shape index (κ2) is 12.8.